The summed E-state index contributed by atoms with van der Waals surface area (Å²) in [4.78, 5) is 6.79. The summed E-state index contributed by atoms with van der Waals surface area (Å²) in [7, 11) is 0. The molecule has 3 heteroatoms. The van der Waals surface area contributed by atoms with Crippen molar-refractivity contribution in [2.75, 3.05) is 18.1 Å². The number of rotatable bonds is 1. The van der Waals surface area contributed by atoms with E-state index in [1.807, 2.05) is 12.3 Å². The van der Waals surface area contributed by atoms with Gasteiger partial charge >= 0.3 is 0 Å². The standard InChI is InChI=1S/C11H14N2O/c1-8-2-3-12-11(4-8)13-6-10-5-9(13)7-14-10/h2-4,9-10H,5-7H2,1H3/t9-,10-/m1/s1. The maximum atomic E-state index is 5.56. The number of pyridine rings is 1. The first-order valence-corrected chi connectivity index (χ1v) is 5.14. The Morgan fingerprint density at radius 3 is 3.14 bits per heavy atom. The average Bonchev–Trinajstić information content (AvgIpc) is 2.78. The van der Waals surface area contributed by atoms with Gasteiger partial charge in [-0.1, -0.05) is 0 Å². The molecule has 74 valence electrons. The molecule has 1 aromatic rings. The molecule has 0 radical (unpaired) electrons. The largest absolute Gasteiger partial charge is 0.374 e. The van der Waals surface area contributed by atoms with E-state index in [-0.39, 0.29) is 0 Å². The third-order valence-electron chi connectivity index (χ3n) is 3.10. The third kappa shape index (κ3) is 1.20. The van der Waals surface area contributed by atoms with E-state index in [2.05, 4.69) is 22.9 Å². The van der Waals surface area contributed by atoms with Crippen LogP contribution in [0.3, 0.4) is 0 Å². The molecule has 0 unspecified atom stereocenters. The monoisotopic (exact) mass is 190 g/mol. The minimum Gasteiger partial charge on any atom is -0.374 e. The summed E-state index contributed by atoms with van der Waals surface area (Å²) in [5.41, 5.74) is 1.28. The van der Waals surface area contributed by atoms with Crippen molar-refractivity contribution in [1.29, 1.82) is 0 Å². The highest BCUT2D eigenvalue weighted by Gasteiger charge is 2.39. The van der Waals surface area contributed by atoms with E-state index in [1.54, 1.807) is 0 Å². The van der Waals surface area contributed by atoms with Gasteiger partial charge in [-0.2, -0.15) is 0 Å². The Morgan fingerprint density at radius 1 is 1.57 bits per heavy atom. The first-order chi connectivity index (χ1) is 6.83. The maximum Gasteiger partial charge on any atom is 0.129 e. The number of morpholine rings is 1. The van der Waals surface area contributed by atoms with Crippen molar-refractivity contribution in [1.82, 2.24) is 4.98 Å². The molecule has 0 saturated carbocycles. The molecule has 2 saturated heterocycles. The zero-order valence-corrected chi connectivity index (χ0v) is 8.31. The van der Waals surface area contributed by atoms with Crippen molar-refractivity contribution in [3.8, 4) is 0 Å². The fraction of sp³-hybridized carbons (Fsp3) is 0.545. The Balaban J connectivity index is 1.89. The highest BCUT2D eigenvalue weighted by atomic mass is 16.5. The van der Waals surface area contributed by atoms with Gasteiger partial charge in [0.05, 0.1) is 18.8 Å². The summed E-state index contributed by atoms with van der Waals surface area (Å²) < 4.78 is 5.56. The summed E-state index contributed by atoms with van der Waals surface area (Å²) in [6.07, 6.45) is 3.51. The predicted octanol–water partition coefficient (Wildman–Crippen LogP) is 1.37. The van der Waals surface area contributed by atoms with Gasteiger partial charge in [-0.25, -0.2) is 4.98 Å². The predicted molar refractivity (Wildman–Crippen MR) is 54.5 cm³/mol. The number of hydrogen-bond acceptors (Lipinski definition) is 3. The molecular weight excluding hydrogens is 176 g/mol. The van der Waals surface area contributed by atoms with Crippen molar-refractivity contribution in [3.63, 3.8) is 0 Å². The third-order valence-corrected chi connectivity index (χ3v) is 3.10. The fourth-order valence-electron chi connectivity index (χ4n) is 2.36. The topological polar surface area (TPSA) is 25.4 Å². The zero-order valence-electron chi connectivity index (χ0n) is 8.31. The number of anilines is 1. The Hall–Kier alpha value is -1.09. The van der Waals surface area contributed by atoms with E-state index in [9.17, 15) is 0 Å². The Morgan fingerprint density at radius 2 is 2.50 bits per heavy atom. The molecule has 2 fully saturated rings. The van der Waals surface area contributed by atoms with Gasteiger partial charge in [-0.05, 0) is 31.0 Å². The maximum absolute atomic E-state index is 5.56. The Labute approximate surface area is 83.7 Å². The van der Waals surface area contributed by atoms with Crippen LogP contribution in [0.15, 0.2) is 18.3 Å². The molecule has 3 rings (SSSR count). The van der Waals surface area contributed by atoms with E-state index in [1.165, 1.54) is 12.0 Å². The van der Waals surface area contributed by atoms with E-state index in [0.29, 0.717) is 12.1 Å². The Bertz CT molecular complexity index is 353. The molecule has 2 bridgehead atoms. The summed E-state index contributed by atoms with van der Waals surface area (Å²) >= 11 is 0. The lowest BCUT2D eigenvalue weighted by molar-refractivity contribution is 0.0989. The van der Waals surface area contributed by atoms with Crippen molar-refractivity contribution < 1.29 is 4.74 Å². The quantitative estimate of drug-likeness (QED) is 0.668. The van der Waals surface area contributed by atoms with Crippen molar-refractivity contribution in [2.24, 2.45) is 0 Å². The van der Waals surface area contributed by atoms with Crippen LogP contribution >= 0.6 is 0 Å². The van der Waals surface area contributed by atoms with Crippen molar-refractivity contribution in [2.45, 2.75) is 25.5 Å². The van der Waals surface area contributed by atoms with Crippen LogP contribution in [0, 0.1) is 6.92 Å². The van der Waals surface area contributed by atoms with Crippen LogP contribution < -0.4 is 4.90 Å². The molecule has 3 heterocycles. The van der Waals surface area contributed by atoms with E-state index < -0.39 is 0 Å². The second kappa shape index (κ2) is 2.95. The summed E-state index contributed by atoms with van der Waals surface area (Å²) in [5.74, 6) is 1.11. The van der Waals surface area contributed by atoms with E-state index in [4.69, 9.17) is 4.74 Å². The first kappa shape index (κ1) is 8.24. The second-order valence-electron chi connectivity index (χ2n) is 4.19. The normalized spacial score (nSPS) is 29.9. The van der Waals surface area contributed by atoms with Gasteiger partial charge in [-0.15, -0.1) is 0 Å². The van der Waals surface area contributed by atoms with Crippen molar-refractivity contribution >= 4 is 5.82 Å². The number of ether oxygens (including phenoxy) is 1. The van der Waals surface area contributed by atoms with Gasteiger partial charge in [-0.3, -0.25) is 0 Å². The minimum atomic E-state index is 0.447. The van der Waals surface area contributed by atoms with Crippen molar-refractivity contribution in [3.05, 3.63) is 23.9 Å². The Kier molecular flexibility index (Phi) is 1.74. The number of aryl methyl sites for hydroxylation is 1. The minimum absolute atomic E-state index is 0.447. The molecule has 2 aliphatic heterocycles. The number of aromatic nitrogens is 1. The van der Waals surface area contributed by atoms with Crippen LogP contribution in [0.5, 0.6) is 0 Å². The van der Waals surface area contributed by atoms with Gasteiger partial charge in [0.15, 0.2) is 0 Å². The van der Waals surface area contributed by atoms with Crippen LogP contribution in [-0.4, -0.2) is 30.3 Å². The number of nitrogens with zero attached hydrogens (tertiary/aromatic N) is 2. The van der Waals surface area contributed by atoms with Gasteiger partial charge < -0.3 is 9.64 Å². The molecule has 3 nitrogen and oxygen atoms in total. The molecule has 2 aliphatic rings. The SMILES string of the molecule is Cc1ccnc(N2C[C@H]3C[C@@H]2CO3)c1. The highest BCUT2D eigenvalue weighted by Crippen LogP contribution is 2.31. The van der Waals surface area contributed by atoms with Gasteiger partial charge in [0.2, 0.25) is 0 Å². The van der Waals surface area contributed by atoms with Crippen LogP contribution in [0.2, 0.25) is 0 Å². The average molecular weight is 190 g/mol. The lowest BCUT2D eigenvalue weighted by Gasteiger charge is -2.27. The molecule has 0 spiro atoms. The number of hydrogen-bond donors (Lipinski definition) is 0. The van der Waals surface area contributed by atoms with E-state index >= 15 is 0 Å². The second-order valence-corrected chi connectivity index (χ2v) is 4.19. The lowest BCUT2D eigenvalue weighted by atomic mass is 10.2. The van der Waals surface area contributed by atoms with Crippen LogP contribution in [0.25, 0.3) is 0 Å². The molecule has 0 N–H and O–H groups in total. The van der Waals surface area contributed by atoms with Gasteiger partial charge in [0, 0.05) is 12.7 Å². The van der Waals surface area contributed by atoms with Gasteiger partial charge in [0.1, 0.15) is 5.82 Å². The molecule has 0 amide bonds. The lowest BCUT2D eigenvalue weighted by Crippen LogP contribution is -2.37. The summed E-state index contributed by atoms with van der Waals surface area (Å²) in [5, 5.41) is 0. The smallest absolute Gasteiger partial charge is 0.129 e. The molecular formula is C11H14N2O. The molecule has 1 aromatic heterocycles. The zero-order chi connectivity index (χ0) is 9.54. The molecule has 14 heavy (non-hydrogen) atoms. The first-order valence-electron chi connectivity index (χ1n) is 5.14. The van der Waals surface area contributed by atoms with Gasteiger partial charge in [0.25, 0.3) is 0 Å². The van der Waals surface area contributed by atoms with Crippen LogP contribution in [-0.2, 0) is 4.74 Å². The van der Waals surface area contributed by atoms with Crippen LogP contribution in [0.1, 0.15) is 12.0 Å². The molecule has 2 atom stereocenters. The summed E-state index contributed by atoms with van der Waals surface area (Å²) in [6.45, 7) is 4.00. The highest BCUT2D eigenvalue weighted by molar-refractivity contribution is 5.44. The number of fused-ring (bicyclic) bond motifs is 2. The molecule has 0 aromatic carbocycles. The van der Waals surface area contributed by atoms with Crippen LogP contribution in [0.4, 0.5) is 5.82 Å². The summed E-state index contributed by atoms with van der Waals surface area (Å²) in [6, 6.07) is 4.75. The molecule has 0 aliphatic carbocycles. The fourth-order valence-corrected chi connectivity index (χ4v) is 2.36. The van der Waals surface area contributed by atoms with E-state index in [0.717, 1.165) is 19.0 Å².